The molecule has 2 heterocycles. The molecule has 0 saturated heterocycles. The van der Waals surface area contributed by atoms with Gasteiger partial charge in [0, 0.05) is 11.6 Å². The monoisotopic (exact) mass is 148 g/mol. The van der Waals surface area contributed by atoms with E-state index in [1.165, 1.54) is 0 Å². The maximum absolute atomic E-state index is 10.6. The third-order valence-electron chi connectivity index (χ3n) is 1.60. The fourth-order valence-corrected chi connectivity index (χ4v) is 1.03. The zero-order valence-electron chi connectivity index (χ0n) is 5.74. The highest BCUT2D eigenvalue weighted by atomic mass is 16.3. The Hall–Kier alpha value is -1.42. The number of aromatic amines is 1. The van der Waals surface area contributed by atoms with Crippen molar-refractivity contribution < 1.29 is 5.11 Å². The molecule has 0 aromatic carbocycles. The number of nitrogens with zero attached hydrogens (tertiary/aromatic N) is 2. The van der Waals surface area contributed by atoms with Crippen molar-refractivity contribution in [3.05, 3.63) is 24.0 Å². The molecule has 4 nitrogen and oxygen atoms in total. The summed E-state index contributed by atoms with van der Waals surface area (Å²) in [5, 5.41) is 17.9. The van der Waals surface area contributed by atoms with Crippen molar-refractivity contribution in [1.29, 1.82) is 0 Å². The standard InChI is InChI=1S/C7H6N3O/c11-4-5-1-2-8-7-6(5)3-9-10-7/h1-3H,4H2,(H,8,9,10). The molecule has 0 unspecified atom stereocenters. The van der Waals surface area contributed by atoms with Gasteiger partial charge in [-0.2, -0.15) is 5.10 Å². The SMILES string of the molecule is [O]Cc1ccnc2[nH]ncc12. The Balaban J connectivity index is 2.79. The van der Waals surface area contributed by atoms with E-state index in [-0.39, 0.29) is 6.61 Å². The molecule has 2 aromatic heterocycles. The largest absolute Gasteiger partial charge is 0.261 e. The van der Waals surface area contributed by atoms with E-state index < -0.39 is 0 Å². The number of fused-ring (bicyclic) bond motifs is 1. The summed E-state index contributed by atoms with van der Waals surface area (Å²) in [6.07, 6.45) is 3.23. The summed E-state index contributed by atoms with van der Waals surface area (Å²) >= 11 is 0. The highest BCUT2D eigenvalue weighted by Gasteiger charge is 2.01. The van der Waals surface area contributed by atoms with Crippen LogP contribution in [0.5, 0.6) is 0 Å². The summed E-state index contributed by atoms with van der Waals surface area (Å²) in [7, 11) is 0. The maximum Gasteiger partial charge on any atom is 0.155 e. The molecular weight excluding hydrogens is 142 g/mol. The van der Waals surface area contributed by atoms with Crippen molar-refractivity contribution in [2.75, 3.05) is 0 Å². The van der Waals surface area contributed by atoms with Crippen LogP contribution in [0, 0.1) is 0 Å². The molecule has 2 rings (SSSR count). The van der Waals surface area contributed by atoms with E-state index in [1.54, 1.807) is 18.5 Å². The van der Waals surface area contributed by atoms with Gasteiger partial charge >= 0.3 is 0 Å². The Morgan fingerprint density at radius 1 is 1.55 bits per heavy atom. The second-order valence-electron chi connectivity index (χ2n) is 2.25. The van der Waals surface area contributed by atoms with Gasteiger partial charge in [-0.1, -0.05) is 0 Å². The van der Waals surface area contributed by atoms with Gasteiger partial charge in [0.2, 0.25) is 0 Å². The first-order valence-corrected chi connectivity index (χ1v) is 3.27. The quantitative estimate of drug-likeness (QED) is 0.652. The molecule has 11 heavy (non-hydrogen) atoms. The van der Waals surface area contributed by atoms with Gasteiger partial charge in [-0.15, -0.1) is 0 Å². The molecule has 0 bridgehead atoms. The molecule has 0 fully saturated rings. The van der Waals surface area contributed by atoms with E-state index in [9.17, 15) is 5.11 Å². The smallest absolute Gasteiger partial charge is 0.155 e. The summed E-state index contributed by atoms with van der Waals surface area (Å²) < 4.78 is 0. The lowest BCUT2D eigenvalue weighted by molar-refractivity contribution is 0.179. The van der Waals surface area contributed by atoms with Gasteiger partial charge in [-0.05, 0) is 11.6 Å². The van der Waals surface area contributed by atoms with Gasteiger partial charge in [0.05, 0.1) is 6.20 Å². The highest BCUT2D eigenvalue weighted by Crippen LogP contribution is 2.12. The Bertz CT molecular complexity index is 368. The molecule has 0 amide bonds. The van der Waals surface area contributed by atoms with Crippen molar-refractivity contribution in [2.24, 2.45) is 0 Å². The summed E-state index contributed by atoms with van der Waals surface area (Å²) in [6, 6.07) is 1.71. The lowest BCUT2D eigenvalue weighted by atomic mass is 10.2. The molecule has 0 spiro atoms. The number of rotatable bonds is 1. The Morgan fingerprint density at radius 3 is 3.27 bits per heavy atom. The fourth-order valence-electron chi connectivity index (χ4n) is 1.03. The van der Waals surface area contributed by atoms with Crippen LogP contribution in [0.25, 0.3) is 11.0 Å². The van der Waals surface area contributed by atoms with Crippen LogP contribution in [0.1, 0.15) is 5.56 Å². The van der Waals surface area contributed by atoms with Crippen LogP contribution < -0.4 is 0 Å². The van der Waals surface area contributed by atoms with Crippen molar-refractivity contribution >= 4 is 11.0 Å². The molecule has 1 N–H and O–H groups in total. The first-order chi connectivity index (χ1) is 5.42. The predicted molar refractivity (Wildman–Crippen MR) is 38.3 cm³/mol. The minimum absolute atomic E-state index is 0.224. The van der Waals surface area contributed by atoms with Crippen LogP contribution in [0.4, 0.5) is 0 Å². The third-order valence-corrected chi connectivity index (χ3v) is 1.60. The second-order valence-corrected chi connectivity index (χ2v) is 2.25. The zero-order chi connectivity index (χ0) is 7.68. The first-order valence-electron chi connectivity index (χ1n) is 3.27. The molecular formula is C7H6N3O. The number of H-pyrrole nitrogens is 1. The van der Waals surface area contributed by atoms with Gasteiger partial charge < -0.3 is 0 Å². The van der Waals surface area contributed by atoms with Crippen LogP contribution in [0.15, 0.2) is 18.5 Å². The van der Waals surface area contributed by atoms with Gasteiger partial charge in [0.1, 0.15) is 6.61 Å². The number of nitrogens with one attached hydrogen (secondary N) is 1. The molecule has 0 aliphatic carbocycles. The molecule has 4 heteroatoms. The molecule has 0 aliphatic heterocycles. The second kappa shape index (κ2) is 2.32. The van der Waals surface area contributed by atoms with Gasteiger partial charge in [0.25, 0.3) is 0 Å². The van der Waals surface area contributed by atoms with Gasteiger partial charge in [0.15, 0.2) is 5.65 Å². The van der Waals surface area contributed by atoms with Crippen molar-refractivity contribution in [1.82, 2.24) is 15.2 Å². The summed E-state index contributed by atoms with van der Waals surface area (Å²) in [5.74, 6) is 0. The average Bonchev–Trinajstić information content (AvgIpc) is 2.50. The van der Waals surface area contributed by atoms with Crippen LogP contribution in [0.3, 0.4) is 0 Å². The van der Waals surface area contributed by atoms with E-state index in [4.69, 9.17) is 0 Å². The molecule has 0 atom stereocenters. The molecule has 55 valence electrons. The molecule has 0 aliphatic rings. The average molecular weight is 148 g/mol. The summed E-state index contributed by atoms with van der Waals surface area (Å²) in [6.45, 7) is -0.224. The van der Waals surface area contributed by atoms with E-state index in [0.29, 0.717) is 5.65 Å². The van der Waals surface area contributed by atoms with Gasteiger partial charge in [-0.3, -0.25) is 5.10 Å². The number of hydrogen-bond acceptors (Lipinski definition) is 2. The van der Waals surface area contributed by atoms with E-state index >= 15 is 0 Å². The van der Waals surface area contributed by atoms with E-state index in [0.717, 1.165) is 10.9 Å². The molecule has 1 radical (unpaired) electrons. The fraction of sp³-hybridized carbons (Fsp3) is 0.143. The Kier molecular flexibility index (Phi) is 1.33. The zero-order valence-corrected chi connectivity index (χ0v) is 5.74. The van der Waals surface area contributed by atoms with Crippen molar-refractivity contribution in [3.8, 4) is 0 Å². The van der Waals surface area contributed by atoms with E-state index in [1.807, 2.05) is 0 Å². The molecule has 2 aromatic rings. The lowest BCUT2D eigenvalue weighted by Gasteiger charge is -1.92. The van der Waals surface area contributed by atoms with Crippen molar-refractivity contribution in [2.45, 2.75) is 6.61 Å². The lowest BCUT2D eigenvalue weighted by Crippen LogP contribution is -1.83. The number of aromatic nitrogens is 3. The van der Waals surface area contributed by atoms with Crippen LogP contribution in [0.2, 0.25) is 0 Å². The van der Waals surface area contributed by atoms with Crippen LogP contribution >= 0.6 is 0 Å². The van der Waals surface area contributed by atoms with Gasteiger partial charge in [-0.25, -0.2) is 10.1 Å². The van der Waals surface area contributed by atoms with E-state index in [2.05, 4.69) is 15.2 Å². The highest BCUT2D eigenvalue weighted by molar-refractivity contribution is 5.77. The molecule has 0 saturated carbocycles. The normalized spacial score (nSPS) is 10.6. The third kappa shape index (κ3) is 0.877. The number of hydrogen-bond donors (Lipinski definition) is 1. The minimum Gasteiger partial charge on any atom is -0.261 e. The summed E-state index contributed by atoms with van der Waals surface area (Å²) in [4.78, 5) is 3.99. The number of pyridine rings is 1. The first kappa shape index (κ1) is 6.30. The minimum atomic E-state index is -0.224. The maximum atomic E-state index is 10.6. The van der Waals surface area contributed by atoms with Crippen LogP contribution in [-0.4, -0.2) is 15.2 Å². The Labute approximate surface area is 62.9 Å². The Morgan fingerprint density at radius 2 is 2.45 bits per heavy atom. The van der Waals surface area contributed by atoms with Crippen molar-refractivity contribution in [3.63, 3.8) is 0 Å². The predicted octanol–water partition coefficient (Wildman–Crippen LogP) is 0.888. The summed E-state index contributed by atoms with van der Waals surface area (Å²) in [5.41, 5.74) is 1.42. The van der Waals surface area contributed by atoms with Crippen LogP contribution in [-0.2, 0) is 11.7 Å². The topological polar surface area (TPSA) is 61.5 Å².